The van der Waals surface area contributed by atoms with Crippen LogP contribution in [0.1, 0.15) is 32.6 Å². The fourth-order valence-electron chi connectivity index (χ4n) is 4.39. The van der Waals surface area contributed by atoms with Crippen LogP contribution in [0.2, 0.25) is 0 Å². The number of rotatable bonds is 5. The van der Waals surface area contributed by atoms with E-state index in [4.69, 9.17) is 0 Å². The molecular weight excluding hydrogens is 367 g/mol. The van der Waals surface area contributed by atoms with E-state index in [0.717, 1.165) is 16.8 Å². The van der Waals surface area contributed by atoms with Crippen LogP contribution in [-0.4, -0.2) is 51.1 Å². The standard InChI is InChI=1S/C22H29FN6/c1-14(15-5-7-18(8-6-15)28(2)3)25-22-11-16-9-17(21-13-29(4)27-26-21)10-20(23)19(16)12-24-22/h9-15,18H,5-8H2,1-4H3,(H,24,25). The van der Waals surface area contributed by atoms with Crippen molar-refractivity contribution >= 4 is 16.6 Å². The topological polar surface area (TPSA) is 58.9 Å². The summed E-state index contributed by atoms with van der Waals surface area (Å²) < 4.78 is 16.2. The first-order chi connectivity index (χ1) is 13.9. The van der Waals surface area contributed by atoms with E-state index in [0.29, 0.717) is 29.1 Å². The number of pyridine rings is 1. The average molecular weight is 397 g/mol. The van der Waals surface area contributed by atoms with Gasteiger partial charge in [-0.3, -0.25) is 4.68 Å². The van der Waals surface area contributed by atoms with E-state index < -0.39 is 0 Å². The van der Waals surface area contributed by atoms with Gasteiger partial charge in [-0.1, -0.05) is 5.21 Å². The molecule has 0 aliphatic heterocycles. The van der Waals surface area contributed by atoms with E-state index in [9.17, 15) is 4.39 Å². The molecule has 2 heterocycles. The summed E-state index contributed by atoms with van der Waals surface area (Å²) >= 11 is 0. The molecule has 0 amide bonds. The summed E-state index contributed by atoms with van der Waals surface area (Å²) in [6.07, 6.45) is 8.31. The molecule has 3 aromatic rings. The smallest absolute Gasteiger partial charge is 0.133 e. The zero-order valence-corrected chi connectivity index (χ0v) is 17.6. The Bertz CT molecular complexity index is 990. The van der Waals surface area contributed by atoms with E-state index in [1.165, 1.54) is 31.7 Å². The molecule has 4 rings (SSSR count). The van der Waals surface area contributed by atoms with Crippen molar-refractivity contribution in [1.82, 2.24) is 24.9 Å². The summed E-state index contributed by atoms with van der Waals surface area (Å²) in [4.78, 5) is 6.80. The van der Waals surface area contributed by atoms with Gasteiger partial charge in [-0.05, 0) is 76.2 Å². The van der Waals surface area contributed by atoms with Gasteiger partial charge < -0.3 is 10.2 Å². The van der Waals surface area contributed by atoms with Gasteiger partial charge in [0.05, 0.1) is 6.20 Å². The third-order valence-electron chi connectivity index (χ3n) is 6.24. The summed E-state index contributed by atoms with van der Waals surface area (Å²) in [6.45, 7) is 2.23. The summed E-state index contributed by atoms with van der Waals surface area (Å²) in [5.41, 5.74) is 1.38. The normalized spacial score (nSPS) is 20.9. The molecular formula is C22H29FN6. The molecule has 2 aromatic heterocycles. The number of halogens is 1. The number of benzene rings is 1. The Balaban J connectivity index is 1.52. The van der Waals surface area contributed by atoms with Gasteiger partial charge in [-0.25, -0.2) is 9.37 Å². The molecule has 0 spiro atoms. The molecule has 154 valence electrons. The summed E-state index contributed by atoms with van der Waals surface area (Å²) in [5.74, 6) is 1.12. The monoisotopic (exact) mass is 396 g/mol. The van der Waals surface area contributed by atoms with Gasteiger partial charge in [-0.15, -0.1) is 5.10 Å². The Morgan fingerprint density at radius 1 is 1.17 bits per heavy atom. The number of fused-ring (bicyclic) bond motifs is 1. The number of aromatic nitrogens is 4. The van der Waals surface area contributed by atoms with Crippen LogP contribution in [0.4, 0.5) is 10.2 Å². The molecule has 1 aromatic carbocycles. The van der Waals surface area contributed by atoms with Crippen molar-refractivity contribution in [3.05, 3.63) is 36.4 Å². The molecule has 29 heavy (non-hydrogen) atoms. The second kappa shape index (κ2) is 8.06. The number of nitrogens with one attached hydrogen (secondary N) is 1. The van der Waals surface area contributed by atoms with Gasteiger partial charge in [0.2, 0.25) is 0 Å². The van der Waals surface area contributed by atoms with Crippen molar-refractivity contribution in [3.63, 3.8) is 0 Å². The lowest BCUT2D eigenvalue weighted by Crippen LogP contribution is -2.36. The van der Waals surface area contributed by atoms with Crippen LogP contribution in [0.5, 0.6) is 0 Å². The quantitative estimate of drug-likeness (QED) is 0.704. The van der Waals surface area contributed by atoms with Crippen LogP contribution in [-0.2, 0) is 7.05 Å². The van der Waals surface area contributed by atoms with Crippen molar-refractivity contribution in [3.8, 4) is 11.3 Å². The predicted octanol–water partition coefficient (Wildman–Crippen LogP) is 4.09. The van der Waals surface area contributed by atoms with Crippen molar-refractivity contribution < 1.29 is 4.39 Å². The lowest BCUT2D eigenvalue weighted by atomic mass is 9.81. The minimum Gasteiger partial charge on any atom is -0.367 e. The van der Waals surface area contributed by atoms with Crippen LogP contribution < -0.4 is 5.32 Å². The fourth-order valence-corrected chi connectivity index (χ4v) is 4.39. The zero-order chi connectivity index (χ0) is 20.5. The third-order valence-corrected chi connectivity index (χ3v) is 6.24. The highest BCUT2D eigenvalue weighted by Gasteiger charge is 2.26. The molecule has 0 bridgehead atoms. The Labute approximate surface area is 171 Å². The summed E-state index contributed by atoms with van der Waals surface area (Å²) in [7, 11) is 6.13. The lowest BCUT2D eigenvalue weighted by Gasteiger charge is -2.35. The first kappa shape index (κ1) is 19.8. The van der Waals surface area contributed by atoms with Gasteiger partial charge >= 0.3 is 0 Å². The summed E-state index contributed by atoms with van der Waals surface area (Å²) in [5, 5.41) is 12.9. The van der Waals surface area contributed by atoms with Crippen LogP contribution in [0.25, 0.3) is 22.0 Å². The van der Waals surface area contributed by atoms with Gasteiger partial charge in [-0.2, -0.15) is 0 Å². The lowest BCUT2D eigenvalue weighted by molar-refractivity contribution is 0.186. The highest BCUT2D eigenvalue weighted by molar-refractivity contribution is 5.88. The SMILES string of the molecule is CC(Nc1cc2cc(-c3cn(C)nn3)cc(F)c2cn1)C1CCC(N(C)C)CC1. The van der Waals surface area contributed by atoms with Gasteiger partial charge in [0.25, 0.3) is 0 Å². The maximum Gasteiger partial charge on any atom is 0.133 e. The van der Waals surface area contributed by atoms with E-state index in [1.807, 2.05) is 12.1 Å². The van der Waals surface area contributed by atoms with Crippen molar-refractivity contribution in [2.75, 3.05) is 19.4 Å². The molecule has 6 nitrogen and oxygen atoms in total. The van der Waals surface area contributed by atoms with Crippen molar-refractivity contribution in [2.24, 2.45) is 13.0 Å². The number of hydrogen-bond acceptors (Lipinski definition) is 5. The highest BCUT2D eigenvalue weighted by atomic mass is 19.1. The molecule has 0 saturated heterocycles. The predicted molar refractivity (Wildman–Crippen MR) is 114 cm³/mol. The molecule has 1 atom stereocenters. The molecule has 1 saturated carbocycles. The van der Waals surface area contributed by atoms with E-state index >= 15 is 0 Å². The van der Waals surface area contributed by atoms with E-state index in [2.05, 4.69) is 46.5 Å². The van der Waals surface area contributed by atoms with Crippen LogP contribution >= 0.6 is 0 Å². The molecule has 1 unspecified atom stereocenters. The molecule has 0 radical (unpaired) electrons. The number of hydrogen-bond donors (Lipinski definition) is 1. The Morgan fingerprint density at radius 3 is 2.59 bits per heavy atom. The van der Waals surface area contributed by atoms with Gasteiger partial charge in [0, 0.05) is 36.3 Å². The van der Waals surface area contributed by atoms with Crippen LogP contribution in [0, 0.1) is 11.7 Å². The second-order valence-corrected chi connectivity index (χ2v) is 8.49. The summed E-state index contributed by atoms with van der Waals surface area (Å²) in [6, 6.07) is 6.39. The molecule has 1 aliphatic carbocycles. The first-order valence-corrected chi connectivity index (χ1v) is 10.3. The van der Waals surface area contributed by atoms with Crippen LogP contribution in [0.15, 0.2) is 30.6 Å². The van der Waals surface area contributed by atoms with E-state index in [1.54, 1.807) is 24.1 Å². The van der Waals surface area contributed by atoms with Crippen molar-refractivity contribution in [1.29, 1.82) is 0 Å². The Kier molecular flexibility index (Phi) is 5.50. The third kappa shape index (κ3) is 4.24. The zero-order valence-electron chi connectivity index (χ0n) is 17.6. The second-order valence-electron chi connectivity index (χ2n) is 8.49. The van der Waals surface area contributed by atoms with Gasteiger partial charge in [0.1, 0.15) is 17.3 Å². The largest absolute Gasteiger partial charge is 0.367 e. The minimum absolute atomic E-state index is 0.294. The fraction of sp³-hybridized carbons (Fsp3) is 0.500. The van der Waals surface area contributed by atoms with E-state index in [-0.39, 0.29) is 5.82 Å². The molecule has 1 aliphatic rings. The van der Waals surface area contributed by atoms with Crippen LogP contribution in [0.3, 0.4) is 0 Å². The number of nitrogens with zero attached hydrogens (tertiary/aromatic N) is 5. The molecule has 1 fully saturated rings. The maximum atomic E-state index is 14.6. The number of anilines is 1. The number of aryl methyl sites for hydroxylation is 1. The molecule has 7 heteroatoms. The van der Waals surface area contributed by atoms with Crippen molar-refractivity contribution in [2.45, 2.75) is 44.7 Å². The minimum atomic E-state index is -0.294. The Morgan fingerprint density at radius 2 is 1.93 bits per heavy atom. The maximum absolute atomic E-state index is 14.6. The molecule has 1 N–H and O–H groups in total. The van der Waals surface area contributed by atoms with Gasteiger partial charge in [0.15, 0.2) is 0 Å². The average Bonchev–Trinajstić information content (AvgIpc) is 3.14. The first-order valence-electron chi connectivity index (χ1n) is 10.3. The Hall–Kier alpha value is -2.54. The highest BCUT2D eigenvalue weighted by Crippen LogP contribution is 2.31.